The molecule has 2 aliphatic carbocycles. The molecule has 2 saturated carbocycles. The van der Waals surface area contributed by atoms with Crippen molar-refractivity contribution in [1.82, 2.24) is 0 Å². The van der Waals surface area contributed by atoms with E-state index in [2.05, 4.69) is 20.8 Å². The smallest absolute Gasteiger partial charge is 0.0210 e. The Morgan fingerprint density at radius 3 is 2.42 bits per heavy atom. The van der Waals surface area contributed by atoms with Gasteiger partial charge in [0.2, 0.25) is 0 Å². The summed E-state index contributed by atoms with van der Waals surface area (Å²) in [7, 11) is 0. The van der Waals surface area contributed by atoms with E-state index < -0.39 is 0 Å². The molecule has 0 saturated heterocycles. The van der Waals surface area contributed by atoms with Crippen LogP contribution in [-0.2, 0) is 0 Å². The summed E-state index contributed by atoms with van der Waals surface area (Å²) in [6.07, 6.45) is 7.42. The van der Waals surface area contributed by atoms with Crippen LogP contribution in [0.4, 0.5) is 0 Å². The highest BCUT2D eigenvalue weighted by molar-refractivity contribution is 5.15. The van der Waals surface area contributed by atoms with Gasteiger partial charge in [0.1, 0.15) is 0 Å². The number of hydrogen-bond donors (Lipinski definition) is 0. The van der Waals surface area contributed by atoms with Gasteiger partial charge in [0.25, 0.3) is 0 Å². The van der Waals surface area contributed by atoms with Gasteiger partial charge in [-0.15, -0.1) is 0 Å². The molecule has 1 spiro atoms. The van der Waals surface area contributed by atoms with Crippen molar-refractivity contribution < 1.29 is 0 Å². The molecule has 70 valence electrons. The highest BCUT2D eigenvalue weighted by atomic mass is 14.7. The molecule has 2 rings (SSSR count). The molecule has 0 heterocycles. The van der Waals surface area contributed by atoms with Gasteiger partial charge in [-0.05, 0) is 36.0 Å². The lowest BCUT2D eigenvalue weighted by molar-refractivity contribution is 0.104. The van der Waals surface area contributed by atoms with Crippen molar-refractivity contribution in [2.45, 2.75) is 52.9 Å². The zero-order valence-electron chi connectivity index (χ0n) is 8.77. The zero-order valence-corrected chi connectivity index (χ0v) is 8.77. The van der Waals surface area contributed by atoms with Crippen LogP contribution >= 0.6 is 0 Å². The van der Waals surface area contributed by atoms with Crippen LogP contribution in [0.1, 0.15) is 52.9 Å². The fraction of sp³-hybridized carbons (Fsp3) is 1.00. The SMILES string of the molecule is CCCC1CCC12C(C)C2CC. The molecule has 2 fully saturated rings. The van der Waals surface area contributed by atoms with Crippen molar-refractivity contribution in [1.29, 1.82) is 0 Å². The average Bonchev–Trinajstić information content (AvgIpc) is 2.67. The minimum absolute atomic E-state index is 0.866. The molecule has 0 amide bonds. The zero-order chi connectivity index (χ0) is 8.77. The summed E-state index contributed by atoms with van der Waals surface area (Å²) < 4.78 is 0. The highest BCUT2D eigenvalue weighted by Gasteiger charge is 2.67. The van der Waals surface area contributed by atoms with E-state index in [0.717, 1.165) is 23.2 Å². The monoisotopic (exact) mass is 166 g/mol. The fourth-order valence-electron chi connectivity index (χ4n) is 4.02. The first-order valence-electron chi connectivity index (χ1n) is 5.77. The molecule has 0 nitrogen and oxygen atoms in total. The van der Waals surface area contributed by atoms with Crippen LogP contribution in [-0.4, -0.2) is 0 Å². The lowest BCUT2D eigenvalue weighted by Crippen LogP contribution is -2.30. The predicted octanol–water partition coefficient (Wildman–Crippen LogP) is 3.86. The molecule has 0 N–H and O–H groups in total. The summed E-state index contributed by atoms with van der Waals surface area (Å²) >= 11 is 0. The number of hydrogen-bond acceptors (Lipinski definition) is 0. The maximum Gasteiger partial charge on any atom is -0.0210 e. The van der Waals surface area contributed by atoms with Gasteiger partial charge in [-0.25, -0.2) is 0 Å². The molecule has 0 radical (unpaired) electrons. The van der Waals surface area contributed by atoms with Crippen LogP contribution < -0.4 is 0 Å². The molecule has 0 heteroatoms. The lowest BCUT2D eigenvalue weighted by atomic mass is 9.65. The summed E-state index contributed by atoms with van der Waals surface area (Å²) in [5.41, 5.74) is 0.866. The third kappa shape index (κ3) is 0.843. The normalized spacial score (nSPS) is 50.8. The van der Waals surface area contributed by atoms with E-state index in [1.165, 1.54) is 25.7 Å². The largest absolute Gasteiger partial charge is 0.0654 e. The van der Waals surface area contributed by atoms with E-state index in [4.69, 9.17) is 0 Å². The molecular formula is C12H22. The second-order valence-corrected chi connectivity index (χ2v) is 4.94. The van der Waals surface area contributed by atoms with Crippen molar-refractivity contribution in [3.05, 3.63) is 0 Å². The maximum absolute atomic E-state index is 2.48. The van der Waals surface area contributed by atoms with E-state index in [9.17, 15) is 0 Å². The summed E-state index contributed by atoms with van der Waals surface area (Å²) in [6.45, 7) is 7.19. The molecule has 0 bridgehead atoms. The van der Waals surface area contributed by atoms with Gasteiger partial charge in [0.05, 0.1) is 0 Å². The molecule has 0 aromatic rings. The standard InChI is InChI=1S/C12H22/c1-4-6-10-7-8-12(10)9(3)11(12)5-2/h9-11H,4-8H2,1-3H3. The molecule has 0 aromatic carbocycles. The van der Waals surface area contributed by atoms with Crippen molar-refractivity contribution >= 4 is 0 Å². The first-order valence-corrected chi connectivity index (χ1v) is 5.77. The Labute approximate surface area is 76.7 Å². The van der Waals surface area contributed by atoms with Crippen molar-refractivity contribution in [3.63, 3.8) is 0 Å². The van der Waals surface area contributed by atoms with Gasteiger partial charge in [-0.3, -0.25) is 0 Å². The van der Waals surface area contributed by atoms with Crippen LogP contribution in [0.2, 0.25) is 0 Å². The van der Waals surface area contributed by atoms with Crippen LogP contribution in [0.5, 0.6) is 0 Å². The Morgan fingerprint density at radius 1 is 1.33 bits per heavy atom. The Hall–Kier alpha value is 0. The second-order valence-electron chi connectivity index (χ2n) is 4.94. The summed E-state index contributed by atoms with van der Waals surface area (Å²) in [5, 5.41) is 0. The molecule has 2 aliphatic rings. The van der Waals surface area contributed by atoms with Crippen molar-refractivity contribution in [3.8, 4) is 0 Å². The maximum atomic E-state index is 2.48. The van der Waals surface area contributed by atoms with Gasteiger partial charge in [-0.2, -0.15) is 0 Å². The van der Waals surface area contributed by atoms with Crippen molar-refractivity contribution in [2.24, 2.45) is 23.2 Å². The van der Waals surface area contributed by atoms with Gasteiger partial charge < -0.3 is 0 Å². The van der Waals surface area contributed by atoms with Gasteiger partial charge >= 0.3 is 0 Å². The molecule has 0 aromatic heterocycles. The second kappa shape index (κ2) is 2.75. The third-order valence-corrected chi connectivity index (χ3v) is 4.80. The molecule has 12 heavy (non-hydrogen) atoms. The Morgan fingerprint density at radius 2 is 2.08 bits per heavy atom. The quantitative estimate of drug-likeness (QED) is 0.597. The Bertz CT molecular complexity index is 173. The molecule has 4 atom stereocenters. The fourth-order valence-corrected chi connectivity index (χ4v) is 4.02. The van der Waals surface area contributed by atoms with Crippen LogP contribution in [0.15, 0.2) is 0 Å². The van der Waals surface area contributed by atoms with E-state index in [-0.39, 0.29) is 0 Å². The van der Waals surface area contributed by atoms with Gasteiger partial charge in [0, 0.05) is 0 Å². The predicted molar refractivity (Wildman–Crippen MR) is 53.0 cm³/mol. The summed E-state index contributed by atoms with van der Waals surface area (Å²) in [5.74, 6) is 3.28. The van der Waals surface area contributed by atoms with E-state index in [1.54, 1.807) is 6.42 Å². The van der Waals surface area contributed by atoms with Crippen LogP contribution in [0.25, 0.3) is 0 Å². The van der Waals surface area contributed by atoms with Gasteiger partial charge in [-0.1, -0.05) is 40.0 Å². The topological polar surface area (TPSA) is 0 Å². The minimum atomic E-state index is 0.866. The molecule has 0 aliphatic heterocycles. The van der Waals surface area contributed by atoms with E-state index >= 15 is 0 Å². The lowest BCUT2D eigenvalue weighted by Gasteiger charge is -2.39. The third-order valence-electron chi connectivity index (χ3n) is 4.80. The van der Waals surface area contributed by atoms with E-state index in [1.807, 2.05) is 0 Å². The first kappa shape index (κ1) is 8.59. The first-order chi connectivity index (χ1) is 5.77. The highest BCUT2D eigenvalue weighted by Crippen LogP contribution is 2.74. The average molecular weight is 166 g/mol. The Balaban J connectivity index is 1.96. The molecular weight excluding hydrogens is 144 g/mol. The van der Waals surface area contributed by atoms with Crippen LogP contribution in [0.3, 0.4) is 0 Å². The van der Waals surface area contributed by atoms with Crippen molar-refractivity contribution in [2.75, 3.05) is 0 Å². The molecule has 4 unspecified atom stereocenters. The number of rotatable bonds is 3. The van der Waals surface area contributed by atoms with Gasteiger partial charge in [0.15, 0.2) is 0 Å². The van der Waals surface area contributed by atoms with Crippen LogP contribution in [0, 0.1) is 23.2 Å². The Kier molecular flexibility index (Phi) is 1.97. The minimum Gasteiger partial charge on any atom is -0.0654 e. The summed E-state index contributed by atoms with van der Waals surface area (Å²) in [6, 6.07) is 0. The summed E-state index contributed by atoms with van der Waals surface area (Å²) in [4.78, 5) is 0. The van der Waals surface area contributed by atoms with E-state index in [0.29, 0.717) is 0 Å².